The maximum atomic E-state index is 11.0. The molecule has 1 atom stereocenters. The van der Waals surface area contributed by atoms with Crippen LogP contribution < -0.4 is 11.1 Å². The van der Waals surface area contributed by atoms with Crippen molar-refractivity contribution in [2.24, 2.45) is 11.7 Å². The molecule has 0 heterocycles. The van der Waals surface area contributed by atoms with E-state index in [0.717, 1.165) is 25.7 Å². The van der Waals surface area contributed by atoms with Crippen molar-refractivity contribution in [1.82, 2.24) is 5.32 Å². The number of hydrogen-bond donors (Lipinski definition) is 2. The molecule has 3 N–H and O–H groups in total. The van der Waals surface area contributed by atoms with Crippen LogP contribution in [0.5, 0.6) is 0 Å². The van der Waals surface area contributed by atoms with Crippen LogP contribution in [-0.2, 0) is 9.59 Å². The lowest BCUT2D eigenvalue weighted by atomic mass is 9.83. The molecule has 1 saturated carbocycles. The normalized spacial score (nSPS) is 20.6. The van der Waals surface area contributed by atoms with Crippen LogP contribution in [-0.4, -0.2) is 18.4 Å². The van der Waals surface area contributed by atoms with Gasteiger partial charge >= 0.3 is 0 Å². The lowest BCUT2D eigenvalue weighted by Crippen LogP contribution is -2.46. The van der Waals surface area contributed by atoms with Crippen LogP contribution in [0.4, 0.5) is 0 Å². The Hall–Kier alpha value is -1.06. The zero-order valence-corrected chi connectivity index (χ0v) is 7.66. The molecule has 1 aliphatic rings. The number of carbonyl (C=O) groups is 2. The van der Waals surface area contributed by atoms with Crippen LogP contribution in [0, 0.1) is 5.92 Å². The zero-order chi connectivity index (χ0) is 9.68. The molecule has 1 unspecified atom stereocenters. The van der Waals surface area contributed by atoms with Gasteiger partial charge in [0.2, 0.25) is 12.3 Å². The molecule has 74 valence electrons. The molecule has 0 aliphatic heterocycles. The van der Waals surface area contributed by atoms with Gasteiger partial charge in [-0.25, -0.2) is 0 Å². The van der Waals surface area contributed by atoms with Gasteiger partial charge in [0.1, 0.15) is 6.04 Å². The third kappa shape index (κ3) is 2.72. The molecule has 4 heteroatoms. The minimum absolute atomic E-state index is 0.247. The van der Waals surface area contributed by atoms with Gasteiger partial charge in [0.25, 0.3) is 0 Å². The summed E-state index contributed by atoms with van der Waals surface area (Å²) in [5.41, 5.74) is 5.19. The third-order valence-corrected chi connectivity index (χ3v) is 2.68. The quantitative estimate of drug-likeness (QED) is 0.611. The highest BCUT2D eigenvalue weighted by Gasteiger charge is 2.26. The first-order chi connectivity index (χ1) is 6.25. The second kappa shape index (κ2) is 4.84. The van der Waals surface area contributed by atoms with Crippen molar-refractivity contribution < 1.29 is 9.59 Å². The van der Waals surface area contributed by atoms with Gasteiger partial charge in [0.05, 0.1) is 0 Å². The van der Waals surface area contributed by atoms with Crippen LogP contribution in [0.2, 0.25) is 0 Å². The zero-order valence-electron chi connectivity index (χ0n) is 7.66. The Morgan fingerprint density at radius 1 is 1.38 bits per heavy atom. The number of rotatable bonds is 4. The van der Waals surface area contributed by atoms with Crippen molar-refractivity contribution in [3.8, 4) is 0 Å². The molecule has 4 nitrogen and oxygen atoms in total. The summed E-state index contributed by atoms with van der Waals surface area (Å²) >= 11 is 0. The minimum Gasteiger partial charge on any atom is -0.368 e. The molecule has 0 aromatic carbocycles. The van der Waals surface area contributed by atoms with Crippen LogP contribution in [0.3, 0.4) is 0 Å². The van der Waals surface area contributed by atoms with Gasteiger partial charge in [0, 0.05) is 0 Å². The fourth-order valence-corrected chi connectivity index (χ4v) is 1.99. The van der Waals surface area contributed by atoms with Crippen LogP contribution in [0.25, 0.3) is 0 Å². The summed E-state index contributed by atoms with van der Waals surface area (Å²) in [6.45, 7) is 0. The molecule has 0 aromatic heterocycles. The van der Waals surface area contributed by atoms with Gasteiger partial charge in [-0.1, -0.05) is 19.3 Å². The van der Waals surface area contributed by atoms with Gasteiger partial charge in [-0.15, -0.1) is 0 Å². The summed E-state index contributed by atoms with van der Waals surface area (Å²) < 4.78 is 0. The Bertz CT molecular complexity index is 188. The van der Waals surface area contributed by atoms with E-state index in [1.165, 1.54) is 6.42 Å². The Balaban J connectivity index is 2.51. The highest BCUT2D eigenvalue weighted by atomic mass is 16.2. The lowest BCUT2D eigenvalue weighted by molar-refractivity contribution is -0.124. The van der Waals surface area contributed by atoms with Gasteiger partial charge in [-0.2, -0.15) is 0 Å². The molecule has 0 aromatic rings. The van der Waals surface area contributed by atoms with E-state index < -0.39 is 11.9 Å². The average Bonchev–Trinajstić information content (AvgIpc) is 2.15. The lowest BCUT2D eigenvalue weighted by Gasteiger charge is -2.27. The van der Waals surface area contributed by atoms with E-state index in [0.29, 0.717) is 6.41 Å². The minimum atomic E-state index is -0.460. The first-order valence-electron chi connectivity index (χ1n) is 4.74. The Morgan fingerprint density at radius 2 is 2.00 bits per heavy atom. The number of primary amides is 1. The number of carbonyl (C=O) groups excluding carboxylic acids is 2. The molecule has 2 amide bonds. The number of nitrogens with two attached hydrogens (primary N) is 1. The molecular weight excluding hydrogens is 168 g/mol. The van der Waals surface area contributed by atoms with Crippen LogP contribution >= 0.6 is 0 Å². The Kier molecular flexibility index (Phi) is 3.73. The maximum Gasteiger partial charge on any atom is 0.240 e. The predicted octanol–water partition coefficient (Wildman–Crippen LogP) is 0.167. The predicted molar refractivity (Wildman–Crippen MR) is 48.8 cm³/mol. The van der Waals surface area contributed by atoms with Crippen molar-refractivity contribution in [1.29, 1.82) is 0 Å². The first-order valence-corrected chi connectivity index (χ1v) is 4.74. The van der Waals surface area contributed by atoms with Crippen molar-refractivity contribution in [3.05, 3.63) is 0 Å². The van der Waals surface area contributed by atoms with E-state index >= 15 is 0 Å². The summed E-state index contributed by atoms with van der Waals surface area (Å²) in [6, 6.07) is -0.460. The molecule has 1 aliphatic carbocycles. The summed E-state index contributed by atoms with van der Waals surface area (Å²) in [5.74, 6) is -0.171. The third-order valence-electron chi connectivity index (χ3n) is 2.68. The standard InChI is InChI=1S/C9H16N2O2/c10-9(13)8(11-6-12)7-4-2-1-3-5-7/h6-8H,1-5H2,(H2,10,13)(H,11,12). The molecule has 0 bridgehead atoms. The van der Waals surface area contributed by atoms with E-state index in [9.17, 15) is 9.59 Å². The van der Waals surface area contributed by atoms with Crippen molar-refractivity contribution >= 4 is 12.3 Å². The van der Waals surface area contributed by atoms with E-state index in [2.05, 4.69) is 5.32 Å². The fourth-order valence-electron chi connectivity index (χ4n) is 1.99. The second-order valence-corrected chi connectivity index (χ2v) is 3.56. The van der Waals surface area contributed by atoms with Gasteiger partial charge < -0.3 is 11.1 Å². The maximum absolute atomic E-state index is 11.0. The molecule has 1 rings (SSSR count). The van der Waals surface area contributed by atoms with E-state index in [4.69, 9.17) is 5.73 Å². The molecular formula is C9H16N2O2. The average molecular weight is 184 g/mol. The largest absolute Gasteiger partial charge is 0.368 e. The van der Waals surface area contributed by atoms with Crippen molar-refractivity contribution in [2.45, 2.75) is 38.1 Å². The Morgan fingerprint density at radius 3 is 2.46 bits per heavy atom. The number of nitrogens with one attached hydrogen (secondary N) is 1. The van der Waals surface area contributed by atoms with Gasteiger partial charge in [-0.05, 0) is 18.8 Å². The van der Waals surface area contributed by atoms with Gasteiger partial charge in [-0.3, -0.25) is 9.59 Å². The monoisotopic (exact) mass is 184 g/mol. The molecule has 1 fully saturated rings. The summed E-state index contributed by atoms with van der Waals surface area (Å²) in [4.78, 5) is 21.2. The highest BCUT2D eigenvalue weighted by Crippen LogP contribution is 2.26. The number of amides is 2. The number of hydrogen-bond acceptors (Lipinski definition) is 2. The molecule has 0 spiro atoms. The van der Waals surface area contributed by atoms with E-state index in [1.54, 1.807) is 0 Å². The molecule has 0 saturated heterocycles. The summed E-state index contributed by atoms with van der Waals surface area (Å²) in [7, 11) is 0. The van der Waals surface area contributed by atoms with Gasteiger partial charge in [0.15, 0.2) is 0 Å². The topological polar surface area (TPSA) is 72.2 Å². The second-order valence-electron chi connectivity index (χ2n) is 3.56. The van der Waals surface area contributed by atoms with E-state index in [-0.39, 0.29) is 5.92 Å². The fraction of sp³-hybridized carbons (Fsp3) is 0.778. The summed E-state index contributed by atoms with van der Waals surface area (Å²) in [6.07, 6.45) is 6.04. The van der Waals surface area contributed by atoms with Crippen molar-refractivity contribution in [3.63, 3.8) is 0 Å². The first kappa shape index (κ1) is 10.0. The molecule has 13 heavy (non-hydrogen) atoms. The smallest absolute Gasteiger partial charge is 0.240 e. The Labute approximate surface area is 77.9 Å². The van der Waals surface area contributed by atoms with Crippen LogP contribution in [0.15, 0.2) is 0 Å². The van der Waals surface area contributed by atoms with Crippen LogP contribution in [0.1, 0.15) is 32.1 Å². The summed E-state index contributed by atoms with van der Waals surface area (Å²) in [5, 5.41) is 2.50. The molecule has 0 radical (unpaired) electrons. The SMILES string of the molecule is NC(=O)C(NC=O)C1CCCCC1. The van der Waals surface area contributed by atoms with E-state index in [1.807, 2.05) is 0 Å². The highest BCUT2D eigenvalue weighted by molar-refractivity contribution is 5.82. The van der Waals surface area contributed by atoms with Crippen molar-refractivity contribution in [2.75, 3.05) is 0 Å².